The Labute approximate surface area is 136 Å². The maximum atomic E-state index is 12.2. The molecule has 0 radical (unpaired) electrons. The van der Waals surface area contributed by atoms with Crippen molar-refractivity contribution in [1.82, 2.24) is 14.7 Å². The summed E-state index contributed by atoms with van der Waals surface area (Å²) in [6, 6.07) is 0.00678. The lowest BCUT2D eigenvalue weighted by Gasteiger charge is -2.30. The van der Waals surface area contributed by atoms with Gasteiger partial charge in [0.1, 0.15) is 5.60 Å². The number of nitrogens with two attached hydrogens (primary N) is 1. The average Bonchev–Trinajstić information content (AvgIpc) is 2.74. The molecule has 130 valence electrons. The molecule has 0 saturated heterocycles. The number of fused-ring (bicyclic) bond motifs is 1. The standard InChI is InChI=1S/C14H24N4O4S/c1-9(2)18-11-6-7-17(13(19)22-14(3,4)5)8-10(11)12(16-18)23(15,20)21/h9H,6-8H2,1-5H3,(H2,15,20,21). The van der Waals surface area contributed by atoms with Gasteiger partial charge in [-0.1, -0.05) is 0 Å². The topological polar surface area (TPSA) is 108 Å². The first-order valence-electron chi connectivity index (χ1n) is 7.51. The lowest BCUT2D eigenvalue weighted by Crippen LogP contribution is -2.40. The quantitative estimate of drug-likeness (QED) is 0.872. The predicted octanol–water partition coefficient (Wildman–Crippen LogP) is 1.40. The van der Waals surface area contributed by atoms with Crippen LogP contribution in [0.1, 0.15) is 51.9 Å². The number of carbonyl (C=O) groups excluding carboxylic acids is 1. The number of hydrogen-bond donors (Lipinski definition) is 1. The molecule has 1 aliphatic rings. The summed E-state index contributed by atoms with van der Waals surface area (Å²) in [5.74, 6) is 0. The molecule has 8 nitrogen and oxygen atoms in total. The number of amides is 1. The maximum Gasteiger partial charge on any atom is 0.410 e. The second-order valence-electron chi connectivity index (χ2n) is 6.97. The molecule has 1 aromatic heterocycles. The molecule has 0 spiro atoms. The molecule has 23 heavy (non-hydrogen) atoms. The highest BCUT2D eigenvalue weighted by Crippen LogP contribution is 2.28. The summed E-state index contributed by atoms with van der Waals surface area (Å²) in [5, 5.41) is 9.28. The van der Waals surface area contributed by atoms with Gasteiger partial charge in [0.05, 0.1) is 6.54 Å². The van der Waals surface area contributed by atoms with Crippen molar-refractivity contribution in [1.29, 1.82) is 0 Å². The molecule has 2 rings (SSSR count). The zero-order chi connectivity index (χ0) is 17.6. The smallest absolute Gasteiger partial charge is 0.410 e. The fraction of sp³-hybridized carbons (Fsp3) is 0.714. The van der Waals surface area contributed by atoms with Crippen LogP contribution in [0.25, 0.3) is 0 Å². The van der Waals surface area contributed by atoms with Crippen LogP contribution in [0.5, 0.6) is 0 Å². The molecular formula is C14H24N4O4S. The number of rotatable bonds is 2. The lowest BCUT2D eigenvalue weighted by atomic mass is 10.1. The van der Waals surface area contributed by atoms with Gasteiger partial charge in [0.15, 0.2) is 5.03 Å². The molecule has 2 heterocycles. The SMILES string of the molecule is CC(C)n1nc(S(N)(=O)=O)c2c1CCN(C(=O)OC(C)(C)C)C2. The number of aromatic nitrogens is 2. The van der Waals surface area contributed by atoms with Crippen LogP contribution >= 0.6 is 0 Å². The van der Waals surface area contributed by atoms with Crippen LogP contribution in [0.3, 0.4) is 0 Å². The summed E-state index contributed by atoms with van der Waals surface area (Å²) >= 11 is 0. The van der Waals surface area contributed by atoms with E-state index >= 15 is 0 Å². The second-order valence-corrected chi connectivity index (χ2v) is 8.44. The second kappa shape index (κ2) is 5.79. The highest BCUT2D eigenvalue weighted by atomic mass is 32.2. The Bertz CT molecular complexity index is 716. The van der Waals surface area contributed by atoms with E-state index in [1.807, 2.05) is 13.8 Å². The third-order valence-corrected chi connectivity index (χ3v) is 4.33. The van der Waals surface area contributed by atoms with Gasteiger partial charge < -0.3 is 9.64 Å². The van der Waals surface area contributed by atoms with Crippen LogP contribution in [0, 0.1) is 0 Å². The van der Waals surface area contributed by atoms with Crippen molar-refractivity contribution in [2.75, 3.05) is 6.54 Å². The van der Waals surface area contributed by atoms with Crippen LogP contribution in [-0.4, -0.2) is 41.3 Å². The summed E-state index contributed by atoms with van der Waals surface area (Å²) in [6.07, 6.45) is 0.0377. The minimum absolute atomic E-state index is 0.00678. The Morgan fingerprint density at radius 1 is 1.35 bits per heavy atom. The van der Waals surface area contributed by atoms with Crippen LogP contribution in [0.4, 0.5) is 4.79 Å². The molecule has 0 bridgehead atoms. The van der Waals surface area contributed by atoms with Crippen molar-refractivity contribution in [2.24, 2.45) is 5.14 Å². The molecule has 2 N–H and O–H groups in total. The molecule has 0 aromatic carbocycles. The van der Waals surface area contributed by atoms with Crippen LogP contribution < -0.4 is 5.14 Å². The summed E-state index contributed by atoms with van der Waals surface area (Å²) in [6.45, 7) is 9.76. The Hall–Kier alpha value is -1.61. The van der Waals surface area contributed by atoms with Gasteiger partial charge in [-0.15, -0.1) is 0 Å². The number of sulfonamides is 1. The van der Waals surface area contributed by atoms with E-state index in [2.05, 4.69) is 5.10 Å². The zero-order valence-electron chi connectivity index (χ0n) is 14.2. The van der Waals surface area contributed by atoms with Crippen LogP contribution in [0.15, 0.2) is 5.03 Å². The Kier molecular flexibility index (Phi) is 4.46. The van der Waals surface area contributed by atoms with Gasteiger partial charge in [0.25, 0.3) is 10.0 Å². The molecule has 1 aliphatic heterocycles. The molecule has 1 amide bonds. The Morgan fingerprint density at radius 2 is 1.96 bits per heavy atom. The maximum absolute atomic E-state index is 12.2. The minimum atomic E-state index is -3.95. The van der Waals surface area contributed by atoms with Crippen LogP contribution in [-0.2, 0) is 27.7 Å². The molecular weight excluding hydrogens is 320 g/mol. The number of nitrogens with zero attached hydrogens (tertiary/aromatic N) is 3. The third-order valence-electron chi connectivity index (χ3n) is 3.46. The minimum Gasteiger partial charge on any atom is -0.444 e. The van der Waals surface area contributed by atoms with Gasteiger partial charge in [-0.2, -0.15) is 5.10 Å². The first-order valence-corrected chi connectivity index (χ1v) is 9.06. The normalized spacial score (nSPS) is 15.7. The molecule has 9 heteroatoms. The van der Waals surface area contributed by atoms with Crippen molar-refractivity contribution < 1.29 is 17.9 Å². The monoisotopic (exact) mass is 344 g/mol. The van der Waals surface area contributed by atoms with Gasteiger partial charge in [-0.3, -0.25) is 4.68 Å². The van der Waals surface area contributed by atoms with E-state index in [-0.39, 0.29) is 17.6 Å². The third kappa shape index (κ3) is 3.84. The van der Waals surface area contributed by atoms with Crippen molar-refractivity contribution in [3.63, 3.8) is 0 Å². The number of hydrogen-bond acceptors (Lipinski definition) is 5. The van der Waals surface area contributed by atoms with Crippen molar-refractivity contribution in [3.05, 3.63) is 11.3 Å². The number of primary sulfonamides is 1. The fourth-order valence-corrected chi connectivity index (χ4v) is 3.28. The zero-order valence-corrected chi connectivity index (χ0v) is 15.0. The lowest BCUT2D eigenvalue weighted by molar-refractivity contribution is 0.0220. The van der Waals surface area contributed by atoms with E-state index in [1.54, 1.807) is 25.5 Å². The van der Waals surface area contributed by atoms with E-state index in [0.29, 0.717) is 18.5 Å². The molecule has 0 unspecified atom stereocenters. The summed E-state index contributed by atoms with van der Waals surface area (Å²) in [7, 11) is -3.95. The van der Waals surface area contributed by atoms with E-state index in [4.69, 9.17) is 9.88 Å². The summed E-state index contributed by atoms with van der Waals surface area (Å²) in [4.78, 5) is 13.7. The largest absolute Gasteiger partial charge is 0.444 e. The first kappa shape index (κ1) is 17.7. The van der Waals surface area contributed by atoms with Gasteiger partial charge in [0, 0.05) is 30.3 Å². The van der Waals surface area contributed by atoms with Crippen molar-refractivity contribution in [2.45, 2.75) is 64.3 Å². The number of ether oxygens (including phenoxy) is 1. The highest BCUT2D eigenvalue weighted by Gasteiger charge is 2.33. The van der Waals surface area contributed by atoms with E-state index in [0.717, 1.165) is 5.69 Å². The summed E-state index contributed by atoms with van der Waals surface area (Å²) in [5.41, 5.74) is 0.685. The van der Waals surface area contributed by atoms with Crippen LogP contribution in [0.2, 0.25) is 0 Å². The highest BCUT2D eigenvalue weighted by molar-refractivity contribution is 7.89. The summed E-state index contributed by atoms with van der Waals surface area (Å²) < 4.78 is 30.6. The average molecular weight is 344 g/mol. The predicted molar refractivity (Wildman–Crippen MR) is 84.3 cm³/mol. The van der Waals surface area contributed by atoms with Crippen molar-refractivity contribution >= 4 is 16.1 Å². The molecule has 1 aromatic rings. The Balaban J connectivity index is 2.38. The van der Waals surface area contributed by atoms with E-state index in [1.165, 1.54) is 4.90 Å². The molecule has 0 fully saturated rings. The number of carbonyl (C=O) groups is 1. The fourth-order valence-electron chi connectivity index (χ4n) is 2.55. The molecule has 0 aliphatic carbocycles. The van der Waals surface area contributed by atoms with Gasteiger partial charge in [-0.25, -0.2) is 18.4 Å². The van der Waals surface area contributed by atoms with E-state index in [9.17, 15) is 13.2 Å². The first-order chi connectivity index (χ1) is 10.4. The Morgan fingerprint density at radius 3 is 2.43 bits per heavy atom. The van der Waals surface area contributed by atoms with E-state index < -0.39 is 21.7 Å². The van der Waals surface area contributed by atoms with Crippen molar-refractivity contribution in [3.8, 4) is 0 Å². The van der Waals surface area contributed by atoms with Gasteiger partial charge in [-0.05, 0) is 34.6 Å². The molecule has 0 atom stereocenters. The van der Waals surface area contributed by atoms with Gasteiger partial charge >= 0.3 is 6.09 Å². The van der Waals surface area contributed by atoms with Gasteiger partial charge in [0.2, 0.25) is 0 Å². The molecule has 0 saturated carbocycles.